The summed E-state index contributed by atoms with van der Waals surface area (Å²) in [6.07, 6.45) is 0.771. The van der Waals surface area contributed by atoms with Crippen LogP contribution >= 0.6 is 11.3 Å². The molecule has 0 aliphatic carbocycles. The van der Waals surface area contributed by atoms with Crippen molar-refractivity contribution < 1.29 is 19.1 Å². The number of benzene rings is 1. The molecule has 0 bridgehead atoms. The number of carbonyl (C=O) groups excluding carboxylic acids is 2. The van der Waals surface area contributed by atoms with E-state index in [0.29, 0.717) is 12.3 Å². The van der Waals surface area contributed by atoms with E-state index in [0.717, 1.165) is 17.5 Å². The average Bonchev–Trinajstić information content (AvgIpc) is 3.05. The fourth-order valence-corrected chi connectivity index (χ4v) is 2.83. The Hall–Kier alpha value is -2.34. The standard InChI is InChI=1S/C18H21NO4S/c1-13-5-6-16(14(2)10-13)22-12-18(21)23-11-17(20)19-8-7-15-4-3-9-24-15/h3-6,9-10H,7-8,11-12H2,1-2H3,(H,19,20). The lowest BCUT2D eigenvalue weighted by molar-refractivity contribution is -0.150. The third-order valence-corrected chi connectivity index (χ3v) is 4.25. The number of thiophene rings is 1. The lowest BCUT2D eigenvalue weighted by Crippen LogP contribution is -2.31. The van der Waals surface area contributed by atoms with Crippen molar-refractivity contribution in [1.29, 1.82) is 0 Å². The van der Waals surface area contributed by atoms with Crippen LogP contribution in [-0.2, 0) is 20.7 Å². The predicted molar refractivity (Wildman–Crippen MR) is 93.4 cm³/mol. The SMILES string of the molecule is Cc1ccc(OCC(=O)OCC(=O)NCCc2cccs2)c(C)c1. The van der Waals surface area contributed by atoms with E-state index in [1.165, 1.54) is 4.88 Å². The van der Waals surface area contributed by atoms with Gasteiger partial charge >= 0.3 is 5.97 Å². The summed E-state index contributed by atoms with van der Waals surface area (Å²) in [7, 11) is 0. The Morgan fingerprint density at radius 3 is 2.71 bits per heavy atom. The van der Waals surface area contributed by atoms with Crippen molar-refractivity contribution in [3.05, 3.63) is 51.7 Å². The van der Waals surface area contributed by atoms with Crippen molar-refractivity contribution in [3.63, 3.8) is 0 Å². The van der Waals surface area contributed by atoms with Gasteiger partial charge in [-0.05, 0) is 43.3 Å². The molecule has 5 nitrogen and oxygen atoms in total. The zero-order chi connectivity index (χ0) is 17.4. The number of aryl methyl sites for hydroxylation is 2. The molecule has 1 heterocycles. The average molecular weight is 347 g/mol. The van der Waals surface area contributed by atoms with Crippen LogP contribution in [0.2, 0.25) is 0 Å². The molecule has 128 valence electrons. The molecule has 0 spiro atoms. The number of hydrogen-bond donors (Lipinski definition) is 1. The minimum atomic E-state index is -0.566. The van der Waals surface area contributed by atoms with E-state index in [1.54, 1.807) is 11.3 Å². The number of amides is 1. The maximum atomic E-state index is 11.6. The highest BCUT2D eigenvalue weighted by atomic mass is 32.1. The summed E-state index contributed by atoms with van der Waals surface area (Å²) in [4.78, 5) is 24.5. The van der Waals surface area contributed by atoms with Gasteiger partial charge in [0.15, 0.2) is 13.2 Å². The molecule has 1 aromatic carbocycles. The van der Waals surface area contributed by atoms with Crippen LogP contribution in [0, 0.1) is 13.8 Å². The zero-order valence-corrected chi connectivity index (χ0v) is 14.7. The van der Waals surface area contributed by atoms with Crippen LogP contribution in [0.4, 0.5) is 0 Å². The maximum Gasteiger partial charge on any atom is 0.344 e. The summed E-state index contributed by atoms with van der Waals surface area (Å²) in [6, 6.07) is 9.69. The molecule has 1 amide bonds. The molecule has 0 aliphatic rings. The van der Waals surface area contributed by atoms with E-state index >= 15 is 0 Å². The second-order valence-electron chi connectivity index (χ2n) is 5.40. The van der Waals surface area contributed by atoms with Crippen molar-refractivity contribution in [2.24, 2.45) is 0 Å². The molecule has 0 atom stereocenters. The van der Waals surface area contributed by atoms with Gasteiger partial charge in [0.2, 0.25) is 0 Å². The van der Waals surface area contributed by atoms with Crippen molar-refractivity contribution >= 4 is 23.2 Å². The number of rotatable bonds is 8. The van der Waals surface area contributed by atoms with E-state index in [2.05, 4.69) is 5.32 Å². The van der Waals surface area contributed by atoms with Crippen LogP contribution in [0.15, 0.2) is 35.7 Å². The second kappa shape index (κ2) is 9.08. The molecule has 0 radical (unpaired) electrons. The Balaban J connectivity index is 1.62. The normalized spacial score (nSPS) is 10.2. The van der Waals surface area contributed by atoms with E-state index in [1.807, 2.05) is 49.6 Å². The summed E-state index contributed by atoms with van der Waals surface area (Å²) >= 11 is 1.65. The lowest BCUT2D eigenvalue weighted by atomic mass is 10.1. The highest BCUT2D eigenvalue weighted by Gasteiger charge is 2.09. The topological polar surface area (TPSA) is 64.6 Å². The third kappa shape index (κ3) is 6.04. The Labute approximate surface area is 145 Å². The molecule has 2 aromatic rings. The van der Waals surface area contributed by atoms with Gasteiger partial charge in [-0.1, -0.05) is 23.8 Å². The first-order valence-electron chi connectivity index (χ1n) is 7.69. The second-order valence-corrected chi connectivity index (χ2v) is 6.43. The molecule has 0 aliphatic heterocycles. The molecule has 0 saturated carbocycles. The highest BCUT2D eigenvalue weighted by Crippen LogP contribution is 2.18. The van der Waals surface area contributed by atoms with Crippen LogP contribution in [-0.4, -0.2) is 31.6 Å². The number of nitrogens with one attached hydrogen (secondary N) is 1. The maximum absolute atomic E-state index is 11.6. The fraction of sp³-hybridized carbons (Fsp3) is 0.333. The van der Waals surface area contributed by atoms with Gasteiger partial charge < -0.3 is 14.8 Å². The van der Waals surface area contributed by atoms with Crippen molar-refractivity contribution in [2.75, 3.05) is 19.8 Å². The molecule has 6 heteroatoms. The molecule has 0 saturated heterocycles. The first-order valence-corrected chi connectivity index (χ1v) is 8.57. The Bertz CT molecular complexity index is 682. The fourth-order valence-electron chi connectivity index (χ4n) is 2.12. The third-order valence-electron chi connectivity index (χ3n) is 3.31. The quantitative estimate of drug-likeness (QED) is 0.746. The molecule has 1 N–H and O–H groups in total. The van der Waals surface area contributed by atoms with Crippen molar-refractivity contribution in [2.45, 2.75) is 20.3 Å². The van der Waals surface area contributed by atoms with Gasteiger partial charge in [-0.15, -0.1) is 11.3 Å². The van der Waals surface area contributed by atoms with Gasteiger partial charge in [0.05, 0.1) is 0 Å². The highest BCUT2D eigenvalue weighted by molar-refractivity contribution is 7.09. The molecule has 0 fully saturated rings. The molecule has 0 unspecified atom stereocenters. The number of carbonyl (C=O) groups is 2. The summed E-state index contributed by atoms with van der Waals surface area (Å²) in [5.41, 5.74) is 2.08. The Morgan fingerprint density at radius 1 is 1.17 bits per heavy atom. The van der Waals surface area contributed by atoms with Gasteiger partial charge in [0.25, 0.3) is 5.91 Å². The summed E-state index contributed by atoms with van der Waals surface area (Å²) < 4.78 is 10.3. The lowest BCUT2D eigenvalue weighted by Gasteiger charge is -2.10. The van der Waals surface area contributed by atoms with E-state index < -0.39 is 5.97 Å². The van der Waals surface area contributed by atoms with E-state index in [-0.39, 0.29) is 19.1 Å². The van der Waals surface area contributed by atoms with Crippen molar-refractivity contribution in [1.82, 2.24) is 5.32 Å². The largest absolute Gasteiger partial charge is 0.482 e. The van der Waals surface area contributed by atoms with Crippen LogP contribution in [0.5, 0.6) is 5.75 Å². The van der Waals surface area contributed by atoms with Crippen molar-refractivity contribution in [3.8, 4) is 5.75 Å². The summed E-state index contributed by atoms with van der Waals surface area (Å²) in [5.74, 6) is -0.243. The van der Waals surface area contributed by atoms with Gasteiger partial charge in [-0.2, -0.15) is 0 Å². The number of esters is 1. The van der Waals surface area contributed by atoms with Crippen LogP contribution in [0.1, 0.15) is 16.0 Å². The zero-order valence-electron chi connectivity index (χ0n) is 13.8. The van der Waals surface area contributed by atoms with E-state index in [4.69, 9.17) is 9.47 Å². The minimum Gasteiger partial charge on any atom is -0.482 e. The molecule has 2 rings (SSSR count). The van der Waals surface area contributed by atoms with Crippen LogP contribution in [0.25, 0.3) is 0 Å². The first-order chi connectivity index (χ1) is 11.5. The summed E-state index contributed by atoms with van der Waals surface area (Å²) in [5, 5.41) is 4.71. The minimum absolute atomic E-state index is 0.216. The van der Waals surface area contributed by atoms with Crippen LogP contribution < -0.4 is 10.1 Å². The van der Waals surface area contributed by atoms with Gasteiger partial charge in [-0.3, -0.25) is 4.79 Å². The number of ether oxygens (including phenoxy) is 2. The van der Waals surface area contributed by atoms with Crippen LogP contribution in [0.3, 0.4) is 0 Å². The number of hydrogen-bond acceptors (Lipinski definition) is 5. The van der Waals surface area contributed by atoms with Gasteiger partial charge in [-0.25, -0.2) is 4.79 Å². The Morgan fingerprint density at radius 2 is 2.00 bits per heavy atom. The summed E-state index contributed by atoms with van der Waals surface area (Å²) in [6.45, 7) is 3.92. The Kier molecular flexibility index (Phi) is 6.81. The van der Waals surface area contributed by atoms with E-state index in [9.17, 15) is 9.59 Å². The molecular formula is C18H21NO4S. The molecule has 1 aromatic heterocycles. The smallest absolute Gasteiger partial charge is 0.344 e. The van der Waals surface area contributed by atoms with Gasteiger partial charge in [0, 0.05) is 11.4 Å². The monoisotopic (exact) mass is 347 g/mol. The van der Waals surface area contributed by atoms with Gasteiger partial charge in [0.1, 0.15) is 5.75 Å². The molecular weight excluding hydrogens is 326 g/mol. The predicted octanol–water partition coefficient (Wildman–Crippen LogP) is 2.65. The first kappa shape index (κ1) is 18.0. The molecule has 24 heavy (non-hydrogen) atoms.